The third kappa shape index (κ3) is 3.20. The summed E-state index contributed by atoms with van der Waals surface area (Å²) in [4.78, 5) is 20.8. The molecule has 0 saturated carbocycles. The number of rotatable bonds is 2. The number of ether oxygens (including phenoxy) is 1. The van der Waals surface area contributed by atoms with E-state index in [1.807, 2.05) is 17.0 Å². The number of hydrogen-bond donors (Lipinski definition) is 0. The van der Waals surface area contributed by atoms with Crippen LogP contribution in [0.1, 0.15) is 18.5 Å². The largest absolute Gasteiger partial charge is 0.378 e. The average Bonchev–Trinajstić information content (AvgIpc) is 2.62. The summed E-state index contributed by atoms with van der Waals surface area (Å²) in [5.41, 5.74) is 1.46. The predicted octanol–water partition coefficient (Wildman–Crippen LogP) is 1.03. The molecule has 3 heterocycles. The summed E-state index contributed by atoms with van der Waals surface area (Å²) in [5.74, 6) is 0.404. The second kappa shape index (κ2) is 6.75. The Hall–Kier alpha value is -2.13. The molecular formula is C16H20N4O2. The number of morpholine rings is 1. The highest BCUT2D eigenvalue weighted by Gasteiger charge is 2.29. The molecule has 1 aromatic rings. The Balaban J connectivity index is 1.55. The highest BCUT2D eigenvalue weighted by atomic mass is 16.5. The second-order valence-electron chi connectivity index (χ2n) is 5.71. The zero-order valence-corrected chi connectivity index (χ0v) is 12.6. The summed E-state index contributed by atoms with van der Waals surface area (Å²) in [6, 6.07) is 5.69. The minimum absolute atomic E-state index is 0.126. The summed E-state index contributed by atoms with van der Waals surface area (Å²) in [5, 5.41) is 8.78. The lowest BCUT2D eigenvalue weighted by atomic mass is 9.95. The zero-order valence-electron chi connectivity index (χ0n) is 12.6. The Kier molecular flexibility index (Phi) is 4.54. The average molecular weight is 300 g/mol. The topological polar surface area (TPSA) is 69.5 Å². The smallest absolute Gasteiger partial charge is 0.225 e. The maximum Gasteiger partial charge on any atom is 0.225 e. The van der Waals surface area contributed by atoms with Crippen LogP contribution in [0.4, 0.5) is 5.69 Å². The highest BCUT2D eigenvalue weighted by Crippen LogP contribution is 2.24. The van der Waals surface area contributed by atoms with Gasteiger partial charge in [0.25, 0.3) is 0 Å². The van der Waals surface area contributed by atoms with Gasteiger partial charge in [-0.1, -0.05) is 0 Å². The minimum atomic E-state index is 0.126. The molecule has 2 saturated heterocycles. The predicted molar refractivity (Wildman–Crippen MR) is 81.3 cm³/mol. The van der Waals surface area contributed by atoms with E-state index < -0.39 is 0 Å². The number of pyridine rings is 1. The first-order valence-corrected chi connectivity index (χ1v) is 7.75. The number of piperidine rings is 1. The van der Waals surface area contributed by atoms with Crippen molar-refractivity contribution >= 4 is 11.6 Å². The van der Waals surface area contributed by atoms with Crippen molar-refractivity contribution in [1.29, 1.82) is 5.26 Å². The fourth-order valence-electron chi connectivity index (χ4n) is 3.07. The third-order valence-corrected chi connectivity index (χ3v) is 4.39. The number of amides is 1. The molecular weight excluding hydrogens is 280 g/mol. The lowest BCUT2D eigenvalue weighted by Gasteiger charge is -2.36. The molecule has 2 aliphatic rings. The molecule has 6 heteroatoms. The maximum absolute atomic E-state index is 12.5. The molecule has 22 heavy (non-hydrogen) atoms. The van der Waals surface area contributed by atoms with Gasteiger partial charge < -0.3 is 14.5 Å². The van der Waals surface area contributed by atoms with Crippen molar-refractivity contribution < 1.29 is 9.53 Å². The number of nitrogens with zero attached hydrogens (tertiary/aromatic N) is 4. The van der Waals surface area contributed by atoms with Crippen molar-refractivity contribution in [3.05, 3.63) is 24.0 Å². The summed E-state index contributed by atoms with van der Waals surface area (Å²) >= 11 is 0. The third-order valence-electron chi connectivity index (χ3n) is 4.39. The molecule has 1 aromatic heterocycles. The molecule has 0 aliphatic carbocycles. The fraction of sp³-hybridized carbons (Fsp3) is 0.562. The van der Waals surface area contributed by atoms with E-state index >= 15 is 0 Å². The van der Waals surface area contributed by atoms with Crippen molar-refractivity contribution in [1.82, 2.24) is 9.88 Å². The Morgan fingerprint density at radius 3 is 2.55 bits per heavy atom. The van der Waals surface area contributed by atoms with Crippen LogP contribution in [-0.2, 0) is 9.53 Å². The van der Waals surface area contributed by atoms with Crippen molar-refractivity contribution in [2.24, 2.45) is 5.92 Å². The summed E-state index contributed by atoms with van der Waals surface area (Å²) < 4.78 is 5.30. The van der Waals surface area contributed by atoms with Crippen LogP contribution in [0.3, 0.4) is 0 Å². The number of hydrogen-bond acceptors (Lipinski definition) is 5. The molecule has 116 valence electrons. The van der Waals surface area contributed by atoms with Gasteiger partial charge in [0.1, 0.15) is 11.8 Å². The normalized spacial score (nSPS) is 19.8. The number of anilines is 1. The molecule has 3 rings (SSSR count). The van der Waals surface area contributed by atoms with Crippen molar-refractivity contribution in [3.63, 3.8) is 0 Å². The monoisotopic (exact) mass is 300 g/mol. The van der Waals surface area contributed by atoms with Crippen molar-refractivity contribution in [3.8, 4) is 6.07 Å². The van der Waals surface area contributed by atoms with Gasteiger partial charge in [0.15, 0.2) is 0 Å². The van der Waals surface area contributed by atoms with Gasteiger partial charge in [-0.15, -0.1) is 0 Å². The SMILES string of the molecule is N#Cc1ccc(N2CCC(C(=O)N3CCOCC3)CC2)cn1. The van der Waals surface area contributed by atoms with Crippen molar-refractivity contribution in [2.45, 2.75) is 12.8 Å². The molecule has 0 spiro atoms. The van der Waals surface area contributed by atoms with E-state index in [2.05, 4.69) is 9.88 Å². The van der Waals surface area contributed by atoms with Gasteiger partial charge in [-0.3, -0.25) is 4.79 Å². The summed E-state index contributed by atoms with van der Waals surface area (Å²) in [6.45, 7) is 4.46. The number of carbonyl (C=O) groups excluding carboxylic acids is 1. The summed E-state index contributed by atoms with van der Waals surface area (Å²) in [7, 11) is 0. The molecule has 2 fully saturated rings. The van der Waals surface area contributed by atoms with Crippen LogP contribution >= 0.6 is 0 Å². The van der Waals surface area contributed by atoms with Gasteiger partial charge in [-0.2, -0.15) is 5.26 Å². The molecule has 2 aliphatic heterocycles. The van der Waals surface area contributed by atoms with Gasteiger partial charge in [0.2, 0.25) is 5.91 Å². The second-order valence-corrected chi connectivity index (χ2v) is 5.71. The van der Waals surface area contributed by atoms with Crippen LogP contribution in [0.15, 0.2) is 18.3 Å². The van der Waals surface area contributed by atoms with E-state index in [1.54, 1.807) is 12.3 Å². The lowest BCUT2D eigenvalue weighted by Crippen LogP contribution is -2.46. The maximum atomic E-state index is 12.5. The van der Waals surface area contributed by atoms with Crippen molar-refractivity contribution in [2.75, 3.05) is 44.3 Å². The Bertz CT molecular complexity index is 553. The Morgan fingerprint density at radius 2 is 1.95 bits per heavy atom. The number of aromatic nitrogens is 1. The van der Waals surface area contributed by atoms with Crippen LogP contribution in [0.2, 0.25) is 0 Å². The molecule has 0 aromatic carbocycles. The van der Waals surface area contributed by atoms with E-state index in [4.69, 9.17) is 10.00 Å². The van der Waals surface area contributed by atoms with E-state index in [9.17, 15) is 4.79 Å². The van der Waals surface area contributed by atoms with Gasteiger partial charge in [0, 0.05) is 32.1 Å². The lowest BCUT2D eigenvalue weighted by molar-refractivity contribution is -0.140. The van der Waals surface area contributed by atoms with E-state index in [1.165, 1.54) is 0 Å². The first-order chi connectivity index (χ1) is 10.8. The standard InChI is InChI=1S/C16H20N4O2/c17-11-14-1-2-15(12-18-14)19-5-3-13(4-6-19)16(21)20-7-9-22-10-8-20/h1-2,12-13H,3-10H2. The molecule has 0 bridgehead atoms. The summed E-state index contributed by atoms with van der Waals surface area (Å²) in [6.07, 6.45) is 3.48. The molecule has 0 N–H and O–H groups in total. The Morgan fingerprint density at radius 1 is 1.23 bits per heavy atom. The van der Waals surface area contributed by atoms with Crippen LogP contribution in [-0.4, -0.2) is 55.2 Å². The van der Waals surface area contributed by atoms with Crippen LogP contribution in [0.5, 0.6) is 0 Å². The first-order valence-electron chi connectivity index (χ1n) is 7.75. The Labute approximate surface area is 130 Å². The van der Waals surface area contributed by atoms with E-state index in [-0.39, 0.29) is 11.8 Å². The molecule has 0 unspecified atom stereocenters. The van der Waals surface area contributed by atoms with Crippen LogP contribution in [0.25, 0.3) is 0 Å². The number of carbonyl (C=O) groups is 1. The quantitative estimate of drug-likeness (QED) is 0.816. The van der Waals surface area contributed by atoms with Gasteiger partial charge in [0.05, 0.1) is 25.1 Å². The molecule has 0 atom stereocenters. The van der Waals surface area contributed by atoms with E-state index in [0.29, 0.717) is 18.9 Å². The molecule has 6 nitrogen and oxygen atoms in total. The van der Waals surface area contributed by atoms with Gasteiger partial charge in [-0.25, -0.2) is 4.98 Å². The number of nitriles is 1. The first kappa shape index (κ1) is 14.8. The van der Waals surface area contributed by atoms with Gasteiger partial charge in [-0.05, 0) is 25.0 Å². The highest BCUT2D eigenvalue weighted by molar-refractivity contribution is 5.79. The van der Waals surface area contributed by atoms with Crippen LogP contribution in [0, 0.1) is 17.2 Å². The fourth-order valence-corrected chi connectivity index (χ4v) is 3.07. The van der Waals surface area contributed by atoms with Crippen LogP contribution < -0.4 is 4.90 Å². The molecule has 1 amide bonds. The molecule has 0 radical (unpaired) electrons. The van der Waals surface area contributed by atoms with E-state index in [0.717, 1.165) is 44.7 Å². The minimum Gasteiger partial charge on any atom is -0.378 e. The van der Waals surface area contributed by atoms with Gasteiger partial charge >= 0.3 is 0 Å². The zero-order chi connectivity index (χ0) is 15.4.